The SMILES string of the molecule is CC(C)c1nc(C(=O)N2CCCC(C)C2CO)cs1. The van der Waals surface area contributed by atoms with Crippen LogP contribution in [0.5, 0.6) is 0 Å². The summed E-state index contributed by atoms with van der Waals surface area (Å²) in [5.74, 6) is 0.667. The molecule has 2 rings (SSSR count). The van der Waals surface area contributed by atoms with E-state index < -0.39 is 0 Å². The van der Waals surface area contributed by atoms with Gasteiger partial charge in [0.05, 0.1) is 17.7 Å². The van der Waals surface area contributed by atoms with Crippen LogP contribution in [0.1, 0.15) is 55.0 Å². The highest BCUT2D eigenvalue weighted by Crippen LogP contribution is 2.26. The first-order valence-corrected chi connectivity index (χ1v) is 7.79. The summed E-state index contributed by atoms with van der Waals surface area (Å²) in [5.41, 5.74) is 0.529. The van der Waals surface area contributed by atoms with Crippen molar-refractivity contribution in [1.82, 2.24) is 9.88 Å². The highest BCUT2D eigenvalue weighted by molar-refractivity contribution is 7.09. The minimum absolute atomic E-state index is 0.0336. The topological polar surface area (TPSA) is 53.4 Å². The van der Waals surface area contributed by atoms with E-state index in [0.29, 0.717) is 17.5 Å². The van der Waals surface area contributed by atoms with Gasteiger partial charge in [0.15, 0.2) is 0 Å². The molecule has 1 fully saturated rings. The second kappa shape index (κ2) is 6.01. The highest BCUT2D eigenvalue weighted by Gasteiger charge is 2.32. The smallest absolute Gasteiger partial charge is 0.273 e. The van der Waals surface area contributed by atoms with Crippen molar-refractivity contribution in [3.05, 3.63) is 16.1 Å². The second-order valence-electron chi connectivity index (χ2n) is 5.59. The van der Waals surface area contributed by atoms with Crippen LogP contribution in [-0.4, -0.2) is 40.1 Å². The summed E-state index contributed by atoms with van der Waals surface area (Å²) in [7, 11) is 0. The number of piperidine rings is 1. The van der Waals surface area contributed by atoms with Crippen LogP contribution in [0.2, 0.25) is 0 Å². The first-order chi connectivity index (χ1) is 9.04. The van der Waals surface area contributed by atoms with Gasteiger partial charge in [-0.15, -0.1) is 11.3 Å². The van der Waals surface area contributed by atoms with Crippen LogP contribution in [0, 0.1) is 5.92 Å². The third kappa shape index (κ3) is 2.98. The fourth-order valence-electron chi connectivity index (χ4n) is 2.58. The summed E-state index contributed by atoms with van der Waals surface area (Å²) in [6.07, 6.45) is 2.08. The minimum atomic E-state index is -0.0644. The number of aromatic nitrogens is 1. The third-order valence-electron chi connectivity index (χ3n) is 3.80. The second-order valence-corrected chi connectivity index (χ2v) is 6.48. The summed E-state index contributed by atoms with van der Waals surface area (Å²) >= 11 is 1.54. The molecule has 0 aromatic carbocycles. The Balaban J connectivity index is 2.17. The molecule has 1 aromatic heterocycles. The maximum Gasteiger partial charge on any atom is 0.273 e. The molecular formula is C14H22N2O2S. The zero-order valence-electron chi connectivity index (χ0n) is 11.8. The predicted molar refractivity (Wildman–Crippen MR) is 76.5 cm³/mol. The Morgan fingerprint density at radius 1 is 1.63 bits per heavy atom. The Bertz CT molecular complexity index is 444. The monoisotopic (exact) mass is 282 g/mol. The standard InChI is InChI=1S/C14H22N2O2S/c1-9(2)13-15-11(8-19-13)14(18)16-6-4-5-10(3)12(16)7-17/h8-10,12,17H,4-7H2,1-3H3. The molecule has 19 heavy (non-hydrogen) atoms. The van der Waals surface area contributed by atoms with Crippen molar-refractivity contribution in [3.63, 3.8) is 0 Å². The maximum atomic E-state index is 12.5. The van der Waals surface area contributed by atoms with Gasteiger partial charge >= 0.3 is 0 Å². The first-order valence-electron chi connectivity index (χ1n) is 6.91. The molecule has 4 nitrogen and oxygen atoms in total. The highest BCUT2D eigenvalue weighted by atomic mass is 32.1. The van der Waals surface area contributed by atoms with E-state index in [-0.39, 0.29) is 18.6 Å². The number of aliphatic hydroxyl groups is 1. The average Bonchev–Trinajstić information content (AvgIpc) is 2.87. The van der Waals surface area contributed by atoms with Crippen molar-refractivity contribution in [1.29, 1.82) is 0 Å². The number of hydrogen-bond donors (Lipinski definition) is 1. The number of carbonyl (C=O) groups excluding carboxylic acids is 1. The molecule has 0 aliphatic carbocycles. The van der Waals surface area contributed by atoms with E-state index in [1.54, 1.807) is 4.90 Å². The third-order valence-corrected chi connectivity index (χ3v) is 4.94. The van der Waals surface area contributed by atoms with Crippen LogP contribution in [0.3, 0.4) is 0 Å². The molecule has 1 aliphatic rings. The van der Waals surface area contributed by atoms with Gasteiger partial charge < -0.3 is 10.0 Å². The van der Waals surface area contributed by atoms with Crippen LogP contribution in [0.15, 0.2) is 5.38 Å². The summed E-state index contributed by atoms with van der Waals surface area (Å²) in [5, 5.41) is 12.3. The Morgan fingerprint density at radius 3 is 2.95 bits per heavy atom. The van der Waals surface area contributed by atoms with Gasteiger partial charge in [0, 0.05) is 17.8 Å². The molecule has 0 bridgehead atoms. The van der Waals surface area contributed by atoms with Crippen molar-refractivity contribution in [2.45, 2.75) is 45.6 Å². The largest absolute Gasteiger partial charge is 0.394 e. The molecule has 5 heteroatoms. The van der Waals surface area contributed by atoms with E-state index in [1.165, 1.54) is 11.3 Å². The fourth-order valence-corrected chi connectivity index (χ4v) is 3.39. The fraction of sp³-hybridized carbons (Fsp3) is 0.714. The molecule has 1 saturated heterocycles. The van der Waals surface area contributed by atoms with E-state index in [4.69, 9.17) is 0 Å². The van der Waals surface area contributed by atoms with E-state index in [9.17, 15) is 9.90 Å². The van der Waals surface area contributed by atoms with Crippen LogP contribution < -0.4 is 0 Å². The number of nitrogens with zero attached hydrogens (tertiary/aromatic N) is 2. The lowest BCUT2D eigenvalue weighted by Gasteiger charge is -2.38. The zero-order chi connectivity index (χ0) is 14.0. The molecule has 2 atom stereocenters. The molecule has 0 radical (unpaired) electrons. The van der Waals surface area contributed by atoms with Crippen molar-refractivity contribution in [2.75, 3.05) is 13.2 Å². The Labute approximate surface area is 118 Å². The number of amides is 1. The molecular weight excluding hydrogens is 260 g/mol. The number of thiazole rings is 1. The lowest BCUT2D eigenvalue weighted by atomic mass is 9.91. The number of likely N-dealkylation sites (tertiary alicyclic amines) is 1. The van der Waals surface area contributed by atoms with Crippen LogP contribution >= 0.6 is 11.3 Å². The molecule has 2 heterocycles. The normalized spacial score (nSPS) is 23.9. The van der Waals surface area contributed by atoms with Crippen LogP contribution in [-0.2, 0) is 0 Å². The number of rotatable bonds is 3. The summed E-state index contributed by atoms with van der Waals surface area (Å²) < 4.78 is 0. The van der Waals surface area contributed by atoms with E-state index >= 15 is 0 Å². The zero-order valence-corrected chi connectivity index (χ0v) is 12.6. The van der Waals surface area contributed by atoms with Crippen molar-refractivity contribution in [2.24, 2.45) is 5.92 Å². The maximum absolute atomic E-state index is 12.5. The van der Waals surface area contributed by atoms with Crippen LogP contribution in [0.4, 0.5) is 0 Å². The van der Waals surface area contributed by atoms with Crippen molar-refractivity contribution < 1.29 is 9.90 Å². The minimum Gasteiger partial charge on any atom is -0.394 e. The summed E-state index contributed by atoms with van der Waals surface area (Å²) in [4.78, 5) is 18.7. The van der Waals surface area contributed by atoms with Gasteiger partial charge in [-0.05, 0) is 18.8 Å². The molecule has 1 amide bonds. The quantitative estimate of drug-likeness (QED) is 0.926. The van der Waals surface area contributed by atoms with E-state index in [2.05, 4.69) is 25.8 Å². The molecule has 1 N–H and O–H groups in total. The van der Waals surface area contributed by atoms with Crippen LogP contribution in [0.25, 0.3) is 0 Å². The summed E-state index contributed by atoms with van der Waals surface area (Å²) in [6.45, 7) is 7.01. The van der Waals surface area contributed by atoms with Gasteiger partial charge in [-0.25, -0.2) is 4.98 Å². The van der Waals surface area contributed by atoms with Gasteiger partial charge in [0.25, 0.3) is 5.91 Å². The van der Waals surface area contributed by atoms with Gasteiger partial charge in [0.1, 0.15) is 5.69 Å². The number of carbonyl (C=O) groups is 1. The molecule has 1 aromatic rings. The Kier molecular flexibility index (Phi) is 4.58. The molecule has 0 spiro atoms. The Morgan fingerprint density at radius 2 is 2.37 bits per heavy atom. The Hall–Kier alpha value is -0.940. The van der Waals surface area contributed by atoms with Crippen molar-refractivity contribution in [3.8, 4) is 0 Å². The van der Waals surface area contributed by atoms with Gasteiger partial charge in [-0.1, -0.05) is 20.8 Å². The van der Waals surface area contributed by atoms with Gasteiger partial charge in [-0.2, -0.15) is 0 Å². The average molecular weight is 282 g/mol. The summed E-state index contributed by atoms with van der Waals surface area (Å²) in [6, 6.07) is -0.0644. The van der Waals surface area contributed by atoms with E-state index in [1.807, 2.05) is 5.38 Å². The van der Waals surface area contributed by atoms with Crippen molar-refractivity contribution >= 4 is 17.2 Å². The number of hydrogen-bond acceptors (Lipinski definition) is 4. The van der Waals surface area contributed by atoms with Gasteiger partial charge in [-0.3, -0.25) is 4.79 Å². The van der Waals surface area contributed by atoms with Gasteiger partial charge in [0.2, 0.25) is 0 Å². The predicted octanol–water partition coefficient (Wildman–Crippen LogP) is 2.50. The van der Waals surface area contributed by atoms with E-state index in [0.717, 1.165) is 24.4 Å². The lowest BCUT2D eigenvalue weighted by molar-refractivity contribution is 0.0354. The first kappa shape index (κ1) is 14.5. The molecule has 0 saturated carbocycles. The molecule has 106 valence electrons. The molecule has 1 aliphatic heterocycles. The lowest BCUT2D eigenvalue weighted by Crippen LogP contribution is -2.49. The number of aliphatic hydroxyl groups excluding tert-OH is 1. The molecule has 2 unspecified atom stereocenters.